The van der Waals surface area contributed by atoms with Gasteiger partial charge in [-0.3, -0.25) is 4.79 Å². The van der Waals surface area contributed by atoms with Gasteiger partial charge in [0.1, 0.15) is 11.8 Å². The molecule has 0 fully saturated rings. The second kappa shape index (κ2) is 11.2. The van der Waals surface area contributed by atoms with E-state index in [0.29, 0.717) is 21.4 Å². The fourth-order valence-corrected chi connectivity index (χ4v) is 5.10. The molecule has 0 aliphatic carbocycles. The molecule has 1 unspecified atom stereocenters. The van der Waals surface area contributed by atoms with E-state index in [0.717, 1.165) is 5.56 Å². The fraction of sp³-hybridized carbons (Fsp3) is 0.174. The normalized spacial score (nSPS) is 12.2. The Balaban J connectivity index is 1.82. The van der Waals surface area contributed by atoms with Crippen molar-refractivity contribution in [3.05, 3.63) is 92.9 Å². The standard InChI is InChI=1S/C23H21Cl3N2O4S/c1-32-22-10-9-18(13-20(22)26)33(30,31)28-21(11-15-5-3-2-4-6-15)23(29)27-14-16-7-8-17(24)12-19(16)25/h2-10,12-13,21,28H,11,14H2,1H3,(H,27,29). The number of ether oxygens (including phenoxy) is 1. The molecule has 1 atom stereocenters. The highest BCUT2D eigenvalue weighted by Gasteiger charge is 2.26. The molecule has 174 valence electrons. The van der Waals surface area contributed by atoms with Gasteiger partial charge >= 0.3 is 0 Å². The smallest absolute Gasteiger partial charge is 0.241 e. The minimum absolute atomic E-state index is 0.0834. The van der Waals surface area contributed by atoms with Gasteiger partial charge in [0.05, 0.1) is 17.0 Å². The van der Waals surface area contributed by atoms with Crippen LogP contribution in [-0.2, 0) is 27.8 Å². The second-order valence-electron chi connectivity index (χ2n) is 7.11. The molecular formula is C23H21Cl3N2O4S. The van der Waals surface area contributed by atoms with Crippen LogP contribution in [0.4, 0.5) is 0 Å². The third kappa shape index (κ3) is 6.85. The van der Waals surface area contributed by atoms with Gasteiger partial charge in [-0.05, 0) is 47.9 Å². The van der Waals surface area contributed by atoms with Gasteiger partial charge in [-0.2, -0.15) is 4.72 Å². The Morgan fingerprint density at radius 2 is 1.70 bits per heavy atom. The largest absolute Gasteiger partial charge is 0.495 e. The van der Waals surface area contributed by atoms with E-state index in [1.807, 2.05) is 30.3 Å². The first kappa shape index (κ1) is 25.3. The molecule has 6 nitrogen and oxygen atoms in total. The van der Waals surface area contributed by atoms with Crippen LogP contribution in [0.3, 0.4) is 0 Å². The Morgan fingerprint density at radius 3 is 2.33 bits per heavy atom. The fourth-order valence-electron chi connectivity index (χ4n) is 3.08. The third-order valence-electron chi connectivity index (χ3n) is 4.80. The second-order valence-corrected chi connectivity index (χ2v) is 10.1. The van der Waals surface area contributed by atoms with Gasteiger partial charge in [0.2, 0.25) is 15.9 Å². The Bertz CT molecular complexity index is 1240. The molecule has 0 saturated carbocycles. The van der Waals surface area contributed by atoms with E-state index in [1.165, 1.54) is 25.3 Å². The summed E-state index contributed by atoms with van der Waals surface area (Å²) in [5.74, 6) is -0.165. The maximum Gasteiger partial charge on any atom is 0.241 e. The highest BCUT2D eigenvalue weighted by atomic mass is 35.5. The number of halogens is 3. The SMILES string of the molecule is COc1ccc(S(=O)(=O)NC(Cc2ccccc2)C(=O)NCc2ccc(Cl)cc2Cl)cc1Cl. The molecule has 3 aromatic rings. The quantitative estimate of drug-likeness (QED) is 0.416. The zero-order valence-electron chi connectivity index (χ0n) is 17.5. The number of benzene rings is 3. The van der Waals surface area contributed by atoms with Crippen LogP contribution in [0.2, 0.25) is 15.1 Å². The van der Waals surface area contributed by atoms with E-state index in [2.05, 4.69) is 10.0 Å². The molecule has 0 radical (unpaired) electrons. The van der Waals surface area contributed by atoms with Crippen molar-refractivity contribution in [3.63, 3.8) is 0 Å². The van der Waals surface area contributed by atoms with Gasteiger partial charge in [0.15, 0.2) is 0 Å². The first-order valence-electron chi connectivity index (χ1n) is 9.81. The maximum absolute atomic E-state index is 13.0. The predicted molar refractivity (Wildman–Crippen MR) is 131 cm³/mol. The minimum atomic E-state index is -4.06. The number of amides is 1. The number of hydrogen-bond acceptors (Lipinski definition) is 4. The highest BCUT2D eigenvalue weighted by molar-refractivity contribution is 7.89. The van der Waals surface area contributed by atoms with Crippen LogP contribution in [0.1, 0.15) is 11.1 Å². The van der Waals surface area contributed by atoms with Crippen molar-refractivity contribution in [2.45, 2.75) is 23.9 Å². The summed E-state index contributed by atoms with van der Waals surface area (Å²) in [5.41, 5.74) is 1.44. The summed E-state index contributed by atoms with van der Waals surface area (Å²) in [5, 5.41) is 3.76. The zero-order valence-corrected chi connectivity index (χ0v) is 20.6. The molecule has 10 heteroatoms. The van der Waals surface area contributed by atoms with Crippen LogP contribution in [0.5, 0.6) is 5.75 Å². The molecule has 0 aliphatic rings. The lowest BCUT2D eigenvalue weighted by Gasteiger charge is -2.19. The van der Waals surface area contributed by atoms with Gasteiger partial charge in [-0.25, -0.2) is 8.42 Å². The Hall–Kier alpha value is -2.29. The third-order valence-corrected chi connectivity index (χ3v) is 7.15. The number of rotatable bonds is 9. The van der Waals surface area contributed by atoms with Gasteiger partial charge in [0, 0.05) is 16.6 Å². The lowest BCUT2D eigenvalue weighted by atomic mass is 10.1. The number of hydrogen-bond donors (Lipinski definition) is 2. The number of nitrogens with one attached hydrogen (secondary N) is 2. The van der Waals surface area contributed by atoms with Crippen molar-refractivity contribution < 1.29 is 17.9 Å². The molecule has 0 aromatic heterocycles. The minimum Gasteiger partial charge on any atom is -0.495 e. The zero-order chi connectivity index (χ0) is 24.0. The van der Waals surface area contributed by atoms with Crippen molar-refractivity contribution in [3.8, 4) is 5.75 Å². The van der Waals surface area contributed by atoms with Crippen molar-refractivity contribution in [2.24, 2.45) is 0 Å². The van der Waals surface area contributed by atoms with Crippen LogP contribution in [0.15, 0.2) is 71.6 Å². The Morgan fingerprint density at radius 1 is 0.970 bits per heavy atom. The van der Waals surface area contributed by atoms with Crippen molar-refractivity contribution in [1.29, 1.82) is 0 Å². The number of carbonyl (C=O) groups excluding carboxylic acids is 1. The average Bonchev–Trinajstić information content (AvgIpc) is 2.78. The van der Waals surface area contributed by atoms with Crippen LogP contribution < -0.4 is 14.8 Å². The topological polar surface area (TPSA) is 84.5 Å². The molecule has 3 rings (SSSR count). The van der Waals surface area contributed by atoms with Crippen LogP contribution in [0, 0.1) is 0 Å². The summed E-state index contributed by atoms with van der Waals surface area (Å²) < 4.78 is 33.6. The summed E-state index contributed by atoms with van der Waals surface area (Å²) in [6, 6.07) is 17.0. The molecule has 0 aliphatic heterocycles. The van der Waals surface area contributed by atoms with Crippen LogP contribution >= 0.6 is 34.8 Å². The first-order chi connectivity index (χ1) is 15.7. The molecule has 0 bridgehead atoms. The van der Waals surface area contributed by atoms with Gasteiger partial charge in [-0.15, -0.1) is 0 Å². The summed E-state index contributed by atoms with van der Waals surface area (Å²) >= 11 is 18.2. The van der Waals surface area contributed by atoms with Gasteiger partial charge < -0.3 is 10.1 Å². The summed E-state index contributed by atoms with van der Waals surface area (Å²) in [6.07, 6.45) is 0.143. The van der Waals surface area contributed by atoms with Crippen molar-refractivity contribution in [1.82, 2.24) is 10.0 Å². The monoisotopic (exact) mass is 526 g/mol. The number of carbonyl (C=O) groups is 1. The van der Waals surface area contributed by atoms with Crippen molar-refractivity contribution >= 4 is 50.7 Å². The molecular weight excluding hydrogens is 507 g/mol. The van der Waals surface area contributed by atoms with E-state index in [-0.39, 0.29) is 22.9 Å². The molecule has 2 N–H and O–H groups in total. The molecule has 33 heavy (non-hydrogen) atoms. The lowest BCUT2D eigenvalue weighted by molar-refractivity contribution is -0.122. The number of sulfonamides is 1. The molecule has 0 saturated heterocycles. The molecule has 3 aromatic carbocycles. The predicted octanol–water partition coefficient (Wildman–Crippen LogP) is 4.86. The lowest BCUT2D eigenvalue weighted by Crippen LogP contribution is -2.47. The van der Waals surface area contributed by atoms with E-state index in [1.54, 1.807) is 18.2 Å². The van der Waals surface area contributed by atoms with Gasteiger partial charge in [0.25, 0.3) is 0 Å². The van der Waals surface area contributed by atoms with E-state index in [9.17, 15) is 13.2 Å². The van der Waals surface area contributed by atoms with E-state index in [4.69, 9.17) is 39.5 Å². The van der Waals surface area contributed by atoms with Gasteiger partial charge in [-0.1, -0.05) is 71.2 Å². The van der Waals surface area contributed by atoms with Crippen LogP contribution in [-0.4, -0.2) is 27.5 Å². The first-order valence-corrected chi connectivity index (χ1v) is 12.4. The maximum atomic E-state index is 13.0. The van der Waals surface area contributed by atoms with E-state index < -0.39 is 22.0 Å². The summed E-state index contributed by atoms with van der Waals surface area (Å²) in [6.45, 7) is 0.107. The highest BCUT2D eigenvalue weighted by Crippen LogP contribution is 2.27. The van der Waals surface area contributed by atoms with Crippen LogP contribution in [0.25, 0.3) is 0 Å². The Labute approximate surface area is 207 Å². The van der Waals surface area contributed by atoms with E-state index >= 15 is 0 Å². The summed E-state index contributed by atoms with van der Waals surface area (Å²) in [4.78, 5) is 12.9. The number of methoxy groups -OCH3 is 1. The molecule has 1 amide bonds. The molecule has 0 heterocycles. The van der Waals surface area contributed by atoms with Crippen molar-refractivity contribution in [2.75, 3.05) is 7.11 Å². The molecule has 0 spiro atoms. The Kier molecular flexibility index (Phi) is 8.62. The summed E-state index contributed by atoms with van der Waals surface area (Å²) in [7, 11) is -2.63. The average molecular weight is 528 g/mol.